The summed E-state index contributed by atoms with van der Waals surface area (Å²) in [4.78, 5) is 13.6. The third-order valence-corrected chi connectivity index (χ3v) is 11.1. The van der Waals surface area contributed by atoms with Crippen LogP contribution in [0.5, 0.6) is 5.75 Å². The van der Waals surface area contributed by atoms with Gasteiger partial charge in [-0.1, -0.05) is 48.5 Å². The van der Waals surface area contributed by atoms with Gasteiger partial charge in [-0.3, -0.25) is 4.79 Å². The van der Waals surface area contributed by atoms with E-state index in [1.807, 2.05) is 58.4 Å². The minimum atomic E-state index is -3.84. The van der Waals surface area contributed by atoms with Crippen LogP contribution in [0.4, 0.5) is 0 Å². The van der Waals surface area contributed by atoms with Crippen LogP contribution >= 0.6 is 0 Å². The molecule has 3 aromatic carbocycles. The minimum Gasteiger partial charge on any atom is -0.488 e. The van der Waals surface area contributed by atoms with Gasteiger partial charge in [0.2, 0.25) is 10.0 Å². The van der Waals surface area contributed by atoms with Crippen LogP contribution in [-0.4, -0.2) is 51.8 Å². The van der Waals surface area contributed by atoms with Crippen LogP contribution in [0.25, 0.3) is 11.0 Å². The largest absolute Gasteiger partial charge is 0.488 e. The molecule has 0 bridgehead atoms. The van der Waals surface area contributed by atoms with Gasteiger partial charge in [0.25, 0.3) is 5.91 Å². The van der Waals surface area contributed by atoms with Crippen molar-refractivity contribution in [1.29, 1.82) is 0 Å². The van der Waals surface area contributed by atoms with E-state index in [-0.39, 0.29) is 35.9 Å². The number of nitrogens with one attached hydrogen (secondary N) is 1. The first kappa shape index (κ1) is 32.5. The minimum absolute atomic E-state index is 0.174. The molecule has 1 amide bonds. The Morgan fingerprint density at radius 2 is 1.87 bits per heavy atom. The Balaban J connectivity index is 1.45. The maximum Gasteiger partial charge on any atom is 0.254 e. The average molecular weight is 656 g/mol. The predicted molar refractivity (Wildman–Crippen MR) is 180 cm³/mol. The van der Waals surface area contributed by atoms with Crippen molar-refractivity contribution in [2.75, 3.05) is 6.54 Å². The SMILES string of the molecule is CC[C@@H]1CN(Cc2cc([C@@H](c3ccc4c(nnn4CC)c3C)C(C)(C)NC(=O)c3ccoc3)ccc2C)S(=O)(=O)c2ccccc2O1. The molecular weight excluding hydrogens is 614 g/mol. The average Bonchev–Trinajstić information content (AvgIpc) is 3.72. The Bertz CT molecular complexity index is 2030. The number of benzene rings is 3. The quantitative estimate of drug-likeness (QED) is 0.196. The smallest absolute Gasteiger partial charge is 0.254 e. The molecule has 0 unspecified atom stereocenters. The maximum atomic E-state index is 14.0. The molecule has 10 nitrogen and oxygen atoms in total. The highest BCUT2D eigenvalue weighted by atomic mass is 32.2. The predicted octanol–water partition coefficient (Wildman–Crippen LogP) is 6.36. The summed E-state index contributed by atoms with van der Waals surface area (Å²) in [5.41, 5.74) is 6.11. The first-order valence-corrected chi connectivity index (χ1v) is 17.4. The Hall–Kier alpha value is -4.48. The molecule has 6 rings (SSSR count). The summed E-state index contributed by atoms with van der Waals surface area (Å²) >= 11 is 0. The monoisotopic (exact) mass is 655 g/mol. The van der Waals surface area contributed by atoms with Crippen molar-refractivity contribution in [2.45, 2.75) is 83.5 Å². The van der Waals surface area contributed by atoms with E-state index in [4.69, 9.17) is 9.15 Å². The van der Waals surface area contributed by atoms with Crippen molar-refractivity contribution in [3.05, 3.63) is 107 Å². The molecule has 2 atom stereocenters. The second kappa shape index (κ2) is 12.6. The molecule has 5 aromatic rings. The second-order valence-corrected chi connectivity index (χ2v) is 14.7. The van der Waals surface area contributed by atoms with Crippen LogP contribution in [0.2, 0.25) is 0 Å². The highest BCUT2D eigenvalue weighted by Crippen LogP contribution is 2.40. The molecule has 0 radical (unpaired) electrons. The number of nitrogens with zero attached hydrogens (tertiary/aromatic N) is 4. The number of para-hydroxylation sites is 1. The number of furan rings is 1. The number of hydrogen-bond donors (Lipinski definition) is 1. The molecule has 0 spiro atoms. The molecule has 0 saturated carbocycles. The molecule has 1 N–H and O–H groups in total. The zero-order chi connectivity index (χ0) is 33.5. The fraction of sp³-hybridized carbons (Fsp3) is 0.361. The van der Waals surface area contributed by atoms with E-state index in [1.165, 1.54) is 16.8 Å². The number of carbonyl (C=O) groups is 1. The van der Waals surface area contributed by atoms with E-state index in [0.29, 0.717) is 24.3 Å². The highest BCUT2D eigenvalue weighted by Gasteiger charge is 2.37. The van der Waals surface area contributed by atoms with Gasteiger partial charge in [-0.25, -0.2) is 13.1 Å². The van der Waals surface area contributed by atoms with Crippen LogP contribution in [0.3, 0.4) is 0 Å². The molecular formula is C36H41N5O5S. The standard InChI is InChI=1S/C36H41N5O5S/c1-7-28-21-40(47(43,44)32-12-10-9-11-31(32)46-28)20-27-19-25(14-13-23(27)3)33(36(5,6)37-35(42)26-17-18-45-22-26)29-15-16-30-34(24(29)4)38-39-41(30)8-2/h9-19,22,28,33H,7-8,20-21H2,1-6H3,(H,37,42)/t28-,33+/m1/s1. The number of amides is 1. The Morgan fingerprint density at radius 3 is 2.60 bits per heavy atom. The van der Waals surface area contributed by atoms with Crippen molar-refractivity contribution < 1.29 is 22.4 Å². The van der Waals surface area contributed by atoms with Crippen molar-refractivity contribution in [3.63, 3.8) is 0 Å². The van der Waals surface area contributed by atoms with Crippen molar-refractivity contribution in [2.24, 2.45) is 0 Å². The van der Waals surface area contributed by atoms with Crippen LogP contribution in [-0.2, 0) is 23.1 Å². The number of aromatic nitrogens is 3. The molecule has 1 aliphatic rings. The van der Waals surface area contributed by atoms with E-state index < -0.39 is 15.6 Å². The van der Waals surface area contributed by atoms with Gasteiger partial charge in [0, 0.05) is 24.5 Å². The lowest BCUT2D eigenvalue weighted by atomic mass is 9.74. The number of sulfonamides is 1. The van der Waals surface area contributed by atoms with E-state index in [9.17, 15) is 13.2 Å². The fourth-order valence-corrected chi connectivity index (χ4v) is 8.15. The second-order valence-electron chi connectivity index (χ2n) is 12.8. The van der Waals surface area contributed by atoms with E-state index in [0.717, 1.165) is 38.9 Å². The van der Waals surface area contributed by atoms with E-state index in [2.05, 4.69) is 33.8 Å². The van der Waals surface area contributed by atoms with Crippen molar-refractivity contribution >= 4 is 27.0 Å². The highest BCUT2D eigenvalue weighted by molar-refractivity contribution is 7.89. The summed E-state index contributed by atoms with van der Waals surface area (Å²) in [6, 6.07) is 18.8. The van der Waals surface area contributed by atoms with Crippen LogP contribution in [0, 0.1) is 13.8 Å². The molecule has 2 aromatic heterocycles. The van der Waals surface area contributed by atoms with Gasteiger partial charge in [0.05, 0.1) is 23.9 Å². The van der Waals surface area contributed by atoms with Crippen LogP contribution in [0.15, 0.2) is 82.5 Å². The third kappa shape index (κ3) is 6.05. The summed E-state index contributed by atoms with van der Waals surface area (Å²) < 4.78 is 42.7. The van der Waals surface area contributed by atoms with Gasteiger partial charge >= 0.3 is 0 Å². The first-order valence-electron chi connectivity index (χ1n) is 16.0. The van der Waals surface area contributed by atoms with Gasteiger partial charge in [-0.15, -0.1) is 5.10 Å². The molecule has 11 heteroatoms. The lowest BCUT2D eigenvalue weighted by Gasteiger charge is -2.37. The number of hydrogen-bond acceptors (Lipinski definition) is 7. The van der Waals surface area contributed by atoms with Crippen molar-refractivity contribution in [1.82, 2.24) is 24.6 Å². The lowest BCUT2D eigenvalue weighted by Crippen LogP contribution is -2.48. The molecule has 0 saturated heterocycles. The number of carbonyl (C=O) groups excluding carboxylic acids is 1. The Kier molecular flexibility index (Phi) is 8.71. The lowest BCUT2D eigenvalue weighted by molar-refractivity contribution is 0.0905. The van der Waals surface area contributed by atoms with Crippen LogP contribution < -0.4 is 10.1 Å². The van der Waals surface area contributed by atoms with Gasteiger partial charge in [0.15, 0.2) is 0 Å². The maximum absolute atomic E-state index is 14.0. The Morgan fingerprint density at radius 1 is 1.09 bits per heavy atom. The van der Waals surface area contributed by atoms with E-state index >= 15 is 0 Å². The summed E-state index contributed by atoms with van der Waals surface area (Å²) in [7, 11) is -3.84. The zero-order valence-corrected chi connectivity index (χ0v) is 28.5. The van der Waals surface area contributed by atoms with Gasteiger partial charge in [0.1, 0.15) is 28.5 Å². The van der Waals surface area contributed by atoms with Gasteiger partial charge in [-0.2, -0.15) is 4.31 Å². The van der Waals surface area contributed by atoms with Crippen molar-refractivity contribution in [3.8, 4) is 5.75 Å². The summed E-state index contributed by atoms with van der Waals surface area (Å²) in [5, 5.41) is 12.1. The summed E-state index contributed by atoms with van der Waals surface area (Å²) in [6.45, 7) is 13.2. The molecule has 1 aliphatic heterocycles. The number of fused-ring (bicyclic) bond motifs is 2. The normalized spacial score (nSPS) is 17.1. The number of aryl methyl sites for hydroxylation is 3. The zero-order valence-electron chi connectivity index (χ0n) is 27.6. The summed E-state index contributed by atoms with van der Waals surface area (Å²) in [6.07, 6.45) is 3.28. The molecule has 47 heavy (non-hydrogen) atoms. The summed E-state index contributed by atoms with van der Waals surface area (Å²) in [5.74, 6) is -0.202. The molecule has 0 aliphatic carbocycles. The molecule has 246 valence electrons. The topological polar surface area (TPSA) is 120 Å². The van der Waals surface area contributed by atoms with E-state index in [1.54, 1.807) is 30.3 Å². The third-order valence-electron chi connectivity index (χ3n) is 9.21. The fourth-order valence-electron chi connectivity index (χ4n) is 6.58. The molecule has 3 heterocycles. The number of ether oxygens (including phenoxy) is 1. The van der Waals surface area contributed by atoms with Gasteiger partial charge < -0.3 is 14.5 Å². The van der Waals surface area contributed by atoms with Crippen LogP contribution in [0.1, 0.15) is 78.2 Å². The number of rotatable bonds is 9. The Labute approximate surface area is 275 Å². The first-order chi connectivity index (χ1) is 22.4. The molecule has 0 fully saturated rings. The van der Waals surface area contributed by atoms with Gasteiger partial charge in [-0.05, 0) is 93.1 Å².